The smallest absolute Gasteiger partial charge is 0.197 e. The average molecular weight is 250 g/mol. The lowest BCUT2D eigenvalue weighted by Gasteiger charge is -2.07. The molecule has 0 aromatic carbocycles. The lowest BCUT2D eigenvalue weighted by atomic mass is 10.0. The number of halogens is 1. The van der Waals surface area contributed by atoms with Gasteiger partial charge in [-0.2, -0.15) is 0 Å². The average Bonchev–Trinajstić information content (AvgIpc) is 1.95. The van der Waals surface area contributed by atoms with Crippen molar-refractivity contribution in [2.45, 2.75) is 12.8 Å². The van der Waals surface area contributed by atoms with Crippen LogP contribution in [-0.2, 0) is 4.79 Å². The fourth-order valence-electron chi connectivity index (χ4n) is 0.837. The van der Waals surface area contributed by atoms with Gasteiger partial charge < -0.3 is 5.11 Å². The van der Waals surface area contributed by atoms with Crippen LogP contribution in [0.4, 0.5) is 0 Å². The summed E-state index contributed by atoms with van der Waals surface area (Å²) in [7, 11) is 0. The molecule has 0 saturated heterocycles. The van der Waals surface area contributed by atoms with Gasteiger partial charge in [0.2, 0.25) is 0 Å². The van der Waals surface area contributed by atoms with Crippen molar-refractivity contribution in [2.75, 3.05) is 0 Å². The molecule has 10 heavy (non-hydrogen) atoms. The monoisotopic (exact) mass is 250 g/mol. The molecule has 0 unspecified atom stereocenters. The number of aliphatic hydroxyl groups excluding tert-OH is 1. The molecule has 54 valence electrons. The summed E-state index contributed by atoms with van der Waals surface area (Å²) in [5, 5.41) is 8.57. The van der Waals surface area contributed by atoms with Crippen molar-refractivity contribution in [3.8, 4) is 0 Å². The fraction of sp³-hybridized carbons (Fsp3) is 0.286. The van der Waals surface area contributed by atoms with Gasteiger partial charge in [0, 0.05) is 5.57 Å². The van der Waals surface area contributed by atoms with Gasteiger partial charge in [0.25, 0.3) is 0 Å². The maximum Gasteiger partial charge on any atom is 0.197 e. The Balaban J connectivity index is 2.89. The second kappa shape index (κ2) is 3.18. The van der Waals surface area contributed by atoms with Gasteiger partial charge >= 0.3 is 0 Å². The quantitative estimate of drug-likeness (QED) is 0.406. The number of allylic oxidation sites excluding steroid dienone is 3. The van der Waals surface area contributed by atoms with E-state index in [-0.39, 0.29) is 5.78 Å². The molecule has 0 fully saturated rings. The molecule has 0 aromatic rings. The number of carbonyl (C=O) groups is 1. The molecule has 0 heterocycles. The van der Waals surface area contributed by atoms with Crippen LogP contribution in [0.5, 0.6) is 0 Å². The van der Waals surface area contributed by atoms with E-state index in [1.54, 1.807) is 0 Å². The molecular weight excluding hydrogens is 243 g/mol. The number of carbonyl (C=O) groups excluding carboxylic acids is 1. The molecule has 3 heteroatoms. The number of aliphatic hydroxyl groups is 1. The van der Waals surface area contributed by atoms with Crippen molar-refractivity contribution in [3.05, 3.63) is 21.5 Å². The predicted molar refractivity (Wildman–Crippen MR) is 47.1 cm³/mol. The van der Waals surface area contributed by atoms with Crippen molar-refractivity contribution >= 4 is 28.4 Å². The van der Waals surface area contributed by atoms with E-state index in [1.165, 1.54) is 0 Å². The van der Waals surface area contributed by atoms with Crippen molar-refractivity contribution in [1.29, 1.82) is 0 Å². The molecule has 1 aliphatic rings. The van der Waals surface area contributed by atoms with Crippen molar-refractivity contribution in [3.63, 3.8) is 0 Å². The van der Waals surface area contributed by atoms with Crippen LogP contribution in [0.3, 0.4) is 0 Å². The van der Waals surface area contributed by atoms with Crippen molar-refractivity contribution < 1.29 is 9.90 Å². The van der Waals surface area contributed by atoms with Gasteiger partial charge in [0.15, 0.2) is 5.78 Å². The molecule has 0 spiro atoms. The first-order valence-electron chi connectivity index (χ1n) is 2.99. The number of hydrogen-bond acceptors (Lipinski definition) is 2. The molecule has 2 nitrogen and oxygen atoms in total. The fourth-order valence-corrected chi connectivity index (χ4v) is 1.49. The summed E-state index contributed by atoms with van der Waals surface area (Å²) in [5.74, 6) is -0.0330. The minimum atomic E-state index is -0.0330. The van der Waals surface area contributed by atoms with E-state index < -0.39 is 0 Å². The lowest BCUT2D eigenvalue weighted by molar-refractivity contribution is -0.111. The molecule has 0 aromatic heterocycles. The molecule has 0 aliphatic heterocycles. The van der Waals surface area contributed by atoms with Gasteiger partial charge in [0.1, 0.15) is 0 Å². The standard InChI is InChI=1S/C7H7IO2/c8-6-3-1-2-5(4-9)7(6)10/h3-4,9H,1-2H2. The van der Waals surface area contributed by atoms with E-state index in [1.807, 2.05) is 28.7 Å². The molecule has 0 saturated carbocycles. The zero-order chi connectivity index (χ0) is 7.56. The minimum Gasteiger partial charge on any atom is -0.515 e. The Kier molecular flexibility index (Phi) is 2.48. The summed E-state index contributed by atoms with van der Waals surface area (Å²) in [5.41, 5.74) is 0.520. The maximum atomic E-state index is 11.1. The highest BCUT2D eigenvalue weighted by Crippen LogP contribution is 2.23. The molecule has 0 bridgehead atoms. The van der Waals surface area contributed by atoms with E-state index in [9.17, 15) is 4.79 Å². The Morgan fingerprint density at radius 2 is 2.40 bits per heavy atom. The number of ketones is 1. The first-order valence-corrected chi connectivity index (χ1v) is 4.07. The third-order valence-electron chi connectivity index (χ3n) is 1.40. The Morgan fingerprint density at radius 1 is 1.70 bits per heavy atom. The maximum absolute atomic E-state index is 11.1. The van der Waals surface area contributed by atoms with E-state index in [4.69, 9.17) is 5.11 Å². The van der Waals surface area contributed by atoms with Crippen LogP contribution in [0.25, 0.3) is 0 Å². The molecule has 0 radical (unpaired) electrons. The van der Waals surface area contributed by atoms with Gasteiger partial charge in [-0.25, -0.2) is 0 Å². The SMILES string of the molecule is O=C1C(I)=CCCC1=CO. The molecule has 0 amide bonds. The van der Waals surface area contributed by atoms with Crippen LogP contribution < -0.4 is 0 Å². The minimum absolute atomic E-state index is 0.0330. The summed E-state index contributed by atoms with van der Waals surface area (Å²) in [6.07, 6.45) is 4.32. The number of rotatable bonds is 0. The van der Waals surface area contributed by atoms with E-state index >= 15 is 0 Å². The van der Waals surface area contributed by atoms with Crippen LogP contribution in [0.1, 0.15) is 12.8 Å². The van der Waals surface area contributed by atoms with Crippen LogP contribution in [-0.4, -0.2) is 10.9 Å². The first kappa shape index (κ1) is 7.78. The summed E-state index contributed by atoms with van der Waals surface area (Å²) in [6, 6.07) is 0. The van der Waals surface area contributed by atoms with E-state index in [0.29, 0.717) is 15.6 Å². The van der Waals surface area contributed by atoms with Crippen molar-refractivity contribution in [1.82, 2.24) is 0 Å². The molecule has 1 aliphatic carbocycles. The second-order valence-corrected chi connectivity index (χ2v) is 3.24. The van der Waals surface area contributed by atoms with Crippen LogP contribution in [0, 0.1) is 0 Å². The van der Waals surface area contributed by atoms with Crippen molar-refractivity contribution in [2.24, 2.45) is 0 Å². The summed E-state index contributed by atoms with van der Waals surface area (Å²) in [4.78, 5) is 11.1. The van der Waals surface area contributed by atoms with Crippen LogP contribution >= 0.6 is 22.6 Å². The predicted octanol–water partition coefficient (Wildman–Crippen LogP) is 2.11. The molecule has 0 atom stereocenters. The van der Waals surface area contributed by atoms with Crippen LogP contribution in [0.15, 0.2) is 21.5 Å². The Morgan fingerprint density at radius 3 is 2.90 bits per heavy atom. The van der Waals surface area contributed by atoms with Gasteiger partial charge in [-0.1, -0.05) is 6.08 Å². The Hall–Kier alpha value is -0.320. The zero-order valence-electron chi connectivity index (χ0n) is 5.30. The molecular formula is C7H7IO2. The van der Waals surface area contributed by atoms with E-state index in [0.717, 1.165) is 12.7 Å². The largest absolute Gasteiger partial charge is 0.515 e. The number of hydrogen-bond donors (Lipinski definition) is 1. The van der Waals surface area contributed by atoms with Gasteiger partial charge in [0.05, 0.1) is 9.84 Å². The topological polar surface area (TPSA) is 37.3 Å². The summed E-state index contributed by atoms with van der Waals surface area (Å²) in [6.45, 7) is 0. The summed E-state index contributed by atoms with van der Waals surface area (Å²) >= 11 is 1.98. The zero-order valence-corrected chi connectivity index (χ0v) is 7.46. The lowest BCUT2D eigenvalue weighted by Crippen LogP contribution is -2.06. The number of Topliss-reactive ketones (excluding diaryl/α,β-unsaturated/α-hetero) is 1. The highest BCUT2D eigenvalue weighted by atomic mass is 127. The molecule has 1 rings (SSSR count). The highest BCUT2D eigenvalue weighted by molar-refractivity contribution is 14.1. The van der Waals surface area contributed by atoms with Gasteiger partial charge in [-0.15, -0.1) is 0 Å². The van der Waals surface area contributed by atoms with Gasteiger partial charge in [-0.05, 0) is 35.4 Å². The summed E-state index contributed by atoms with van der Waals surface area (Å²) < 4.78 is 0.712. The highest BCUT2D eigenvalue weighted by Gasteiger charge is 2.16. The van der Waals surface area contributed by atoms with Crippen LogP contribution in [0.2, 0.25) is 0 Å². The van der Waals surface area contributed by atoms with E-state index in [2.05, 4.69) is 0 Å². The van der Waals surface area contributed by atoms with Gasteiger partial charge in [-0.3, -0.25) is 4.79 Å². The normalized spacial score (nSPS) is 23.1. The Labute approximate surface area is 72.8 Å². The third kappa shape index (κ3) is 1.39. The first-order chi connectivity index (χ1) is 4.75. The Bertz CT molecular complexity index is 216. The third-order valence-corrected chi connectivity index (χ3v) is 2.33. The molecule has 1 N–H and O–H groups in total. The second-order valence-electron chi connectivity index (χ2n) is 2.07.